The lowest BCUT2D eigenvalue weighted by Gasteiger charge is -2.02. The Morgan fingerprint density at radius 1 is 0.679 bits per heavy atom. The Hall–Kier alpha value is -1.38. The van der Waals surface area contributed by atoms with E-state index in [1.807, 2.05) is 0 Å². The number of unbranched alkanes of at least 4 members (excludes halogenated alkanes) is 15. The van der Waals surface area contributed by atoms with Gasteiger partial charge in [0, 0.05) is 12.5 Å². The number of ether oxygens (including phenoxy) is 1. The third-order valence-corrected chi connectivity index (χ3v) is 5.02. The van der Waals surface area contributed by atoms with E-state index in [0.29, 0.717) is 6.42 Å². The molecule has 0 unspecified atom stereocenters. The predicted octanol–water partition coefficient (Wildman–Crippen LogP) is 7.84. The maximum Gasteiger partial charge on any atom is 0.337 e. The van der Waals surface area contributed by atoms with Gasteiger partial charge in [-0.1, -0.05) is 103 Å². The van der Waals surface area contributed by atoms with Crippen LogP contribution in [0, 0.1) is 0 Å². The minimum Gasteiger partial charge on any atom is -0.390 e. The number of hydrogen-bond donors (Lipinski definition) is 0. The smallest absolute Gasteiger partial charge is 0.337 e. The van der Waals surface area contributed by atoms with Crippen molar-refractivity contribution in [3.05, 3.63) is 24.8 Å². The van der Waals surface area contributed by atoms with Crippen LogP contribution in [-0.4, -0.2) is 11.9 Å². The first kappa shape index (κ1) is 26.6. The maximum absolute atomic E-state index is 11.3. The number of carbonyl (C=O) groups excluding carboxylic acids is 2. The molecule has 28 heavy (non-hydrogen) atoms. The van der Waals surface area contributed by atoms with Crippen LogP contribution in [0.5, 0.6) is 0 Å². The highest BCUT2D eigenvalue weighted by atomic mass is 16.6. The normalized spacial score (nSPS) is 11.0. The van der Waals surface area contributed by atoms with Gasteiger partial charge >= 0.3 is 11.9 Å². The lowest BCUT2D eigenvalue weighted by Crippen LogP contribution is -2.09. The molecule has 3 heteroatoms. The average Bonchev–Trinajstić information content (AvgIpc) is 2.69. The van der Waals surface area contributed by atoms with Crippen LogP contribution in [0.4, 0.5) is 0 Å². The first-order chi connectivity index (χ1) is 13.7. The van der Waals surface area contributed by atoms with E-state index in [0.717, 1.165) is 25.3 Å². The van der Waals surface area contributed by atoms with E-state index in [4.69, 9.17) is 0 Å². The molecule has 0 saturated carbocycles. The van der Waals surface area contributed by atoms with E-state index in [1.54, 1.807) is 0 Å². The van der Waals surface area contributed by atoms with E-state index in [2.05, 4.69) is 30.4 Å². The van der Waals surface area contributed by atoms with Gasteiger partial charge in [-0.05, 0) is 32.1 Å². The standard InChI is InChI=1S/C25H44O3/c1-3-5-6-7-8-9-10-11-12-13-14-15-16-17-18-19-20-21-22-23-25(27)28-24(26)4-2/h4,11-12H,2-3,5-10,13-23H2,1H3/b12-11-. The molecule has 0 saturated heterocycles. The zero-order chi connectivity index (χ0) is 20.7. The molecule has 0 N–H and O–H groups in total. The van der Waals surface area contributed by atoms with Crippen molar-refractivity contribution in [1.82, 2.24) is 0 Å². The molecule has 0 aromatic heterocycles. The van der Waals surface area contributed by atoms with Crippen LogP contribution in [0.2, 0.25) is 0 Å². The Morgan fingerprint density at radius 2 is 1.11 bits per heavy atom. The molecule has 0 aliphatic carbocycles. The van der Waals surface area contributed by atoms with Gasteiger partial charge in [-0.2, -0.15) is 0 Å². The highest BCUT2D eigenvalue weighted by Crippen LogP contribution is 2.12. The first-order valence-electron chi connectivity index (χ1n) is 11.7. The third-order valence-electron chi connectivity index (χ3n) is 5.02. The Balaban J connectivity index is 3.19. The van der Waals surface area contributed by atoms with Gasteiger partial charge in [0.2, 0.25) is 0 Å². The van der Waals surface area contributed by atoms with Gasteiger partial charge in [-0.15, -0.1) is 0 Å². The lowest BCUT2D eigenvalue weighted by molar-refractivity contribution is -0.156. The molecule has 0 aliphatic heterocycles. The molecule has 0 aromatic rings. The van der Waals surface area contributed by atoms with Crippen LogP contribution >= 0.6 is 0 Å². The molecule has 162 valence electrons. The van der Waals surface area contributed by atoms with E-state index >= 15 is 0 Å². The molecular formula is C25H44O3. The molecule has 0 atom stereocenters. The fourth-order valence-electron chi connectivity index (χ4n) is 3.25. The minimum atomic E-state index is -0.654. The van der Waals surface area contributed by atoms with Crippen molar-refractivity contribution in [2.24, 2.45) is 0 Å². The summed E-state index contributed by atoms with van der Waals surface area (Å²) in [4.78, 5) is 22.2. The van der Waals surface area contributed by atoms with Crippen molar-refractivity contribution in [1.29, 1.82) is 0 Å². The van der Waals surface area contributed by atoms with Crippen molar-refractivity contribution < 1.29 is 14.3 Å². The number of carbonyl (C=O) groups is 2. The highest BCUT2D eigenvalue weighted by Gasteiger charge is 2.06. The summed E-state index contributed by atoms with van der Waals surface area (Å²) in [5.41, 5.74) is 0. The van der Waals surface area contributed by atoms with Crippen LogP contribution in [-0.2, 0) is 14.3 Å². The Labute approximate surface area is 174 Å². The van der Waals surface area contributed by atoms with Crippen LogP contribution in [0.3, 0.4) is 0 Å². The Morgan fingerprint density at radius 3 is 1.57 bits per heavy atom. The number of allylic oxidation sites excluding steroid dienone is 2. The average molecular weight is 393 g/mol. The number of hydrogen-bond acceptors (Lipinski definition) is 3. The van der Waals surface area contributed by atoms with E-state index < -0.39 is 11.9 Å². The van der Waals surface area contributed by atoms with Crippen LogP contribution in [0.15, 0.2) is 24.8 Å². The van der Waals surface area contributed by atoms with Gasteiger partial charge in [0.05, 0.1) is 0 Å². The zero-order valence-corrected chi connectivity index (χ0v) is 18.4. The Kier molecular flexibility index (Phi) is 20.8. The summed E-state index contributed by atoms with van der Waals surface area (Å²) in [7, 11) is 0. The van der Waals surface area contributed by atoms with Gasteiger partial charge in [0.15, 0.2) is 0 Å². The molecule has 0 aliphatic rings. The van der Waals surface area contributed by atoms with Gasteiger partial charge < -0.3 is 4.74 Å². The monoisotopic (exact) mass is 392 g/mol. The quantitative estimate of drug-likeness (QED) is 0.0696. The molecule has 0 bridgehead atoms. The summed E-state index contributed by atoms with van der Waals surface area (Å²) in [6.07, 6.45) is 27.7. The molecule has 0 fully saturated rings. The largest absolute Gasteiger partial charge is 0.390 e. The maximum atomic E-state index is 11.3. The molecule has 0 aromatic carbocycles. The van der Waals surface area contributed by atoms with Crippen LogP contribution in [0.25, 0.3) is 0 Å². The summed E-state index contributed by atoms with van der Waals surface area (Å²) in [6.45, 7) is 5.54. The fourth-order valence-corrected chi connectivity index (χ4v) is 3.25. The fraction of sp³-hybridized carbons (Fsp3) is 0.760. The van der Waals surface area contributed by atoms with E-state index in [9.17, 15) is 9.59 Å². The molecule has 0 amide bonds. The minimum absolute atomic E-state index is 0.325. The third kappa shape index (κ3) is 20.9. The molecular weight excluding hydrogens is 348 g/mol. The number of esters is 2. The SMILES string of the molecule is C=CC(=O)OC(=O)CCCCCCCCCCC/C=C\CCCCCCCC. The second-order valence-corrected chi connectivity index (χ2v) is 7.75. The summed E-state index contributed by atoms with van der Waals surface area (Å²) in [5, 5.41) is 0. The summed E-state index contributed by atoms with van der Waals surface area (Å²) >= 11 is 0. The highest BCUT2D eigenvalue weighted by molar-refractivity contribution is 5.91. The molecule has 0 heterocycles. The van der Waals surface area contributed by atoms with Crippen molar-refractivity contribution >= 4 is 11.9 Å². The zero-order valence-electron chi connectivity index (χ0n) is 18.4. The van der Waals surface area contributed by atoms with Gasteiger partial charge in [-0.3, -0.25) is 4.79 Å². The molecule has 0 spiro atoms. The summed E-state index contributed by atoms with van der Waals surface area (Å²) in [5.74, 6) is -1.09. The second kappa shape index (κ2) is 21.9. The van der Waals surface area contributed by atoms with Crippen molar-refractivity contribution in [2.45, 2.75) is 122 Å². The summed E-state index contributed by atoms with van der Waals surface area (Å²) < 4.78 is 4.54. The van der Waals surface area contributed by atoms with Crippen molar-refractivity contribution in [3.63, 3.8) is 0 Å². The lowest BCUT2D eigenvalue weighted by atomic mass is 10.1. The van der Waals surface area contributed by atoms with Gasteiger partial charge in [0.25, 0.3) is 0 Å². The van der Waals surface area contributed by atoms with Crippen molar-refractivity contribution in [2.75, 3.05) is 0 Å². The molecule has 0 radical (unpaired) electrons. The van der Waals surface area contributed by atoms with E-state index in [1.165, 1.54) is 89.9 Å². The topological polar surface area (TPSA) is 43.4 Å². The summed E-state index contributed by atoms with van der Waals surface area (Å²) in [6, 6.07) is 0. The Bertz CT molecular complexity index is 412. The van der Waals surface area contributed by atoms with Crippen molar-refractivity contribution in [3.8, 4) is 0 Å². The second-order valence-electron chi connectivity index (χ2n) is 7.75. The van der Waals surface area contributed by atoms with Crippen LogP contribution in [0.1, 0.15) is 122 Å². The van der Waals surface area contributed by atoms with Gasteiger partial charge in [0.1, 0.15) is 0 Å². The predicted molar refractivity (Wildman–Crippen MR) is 119 cm³/mol. The number of rotatable bonds is 20. The molecule has 0 rings (SSSR count). The van der Waals surface area contributed by atoms with E-state index in [-0.39, 0.29) is 0 Å². The first-order valence-corrected chi connectivity index (χ1v) is 11.7. The van der Waals surface area contributed by atoms with Crippen LogP contribution < -0.4 is 0 Å². The van der Waals surface area contributed by atoms with Gasteiger partial charge in [-0.25, -0.2) is 4.79 Å². The molecule has 3 nitrogen and oxygen atoms in total.